The molecule has 1 aromatic rings. The molecule has 0 radical (unpaired) electrons. The van der Waals surface area contributed by atoms with E-state index in [4.69, 9.17) is 32.7 Å². The summed E-state index contributed by atoms with van der Waals surface area (Å²) in [6.45, 7) is 1.04. The van der Waals surface area contributed by atoms with Crippen LogP contribution in [0.15, 0.2) is 23.7 Å². The first-order valence-electron chi connectivity index (χ1n) is 5.12. The van der Waals surface area contributed by atoms with E-state index in [0.717, 1.165) is 5.56 Å². The summed E-state index contributed by atoms with van der Waals surface area (Å²) >= 11 is 11.4. The summed E-state index contributed by atoms with van der Waals surface area (Å²) in [5, 5.41) is 3.67. The summed E-state index contributed by atoms with van der Waals surface area (Å²) in [5.41, 5.74) is 2.36. The number of nitrogens with one attached hydrogen (secondary N) is 1. The number of methoxy groups -OCH3 is 1. The van der Waals surface area contributed by atoms with E-state index in [1.807, 2.05) is 13.1 Å². The van der Waals surface area contributed by atoms with Gasteiger partial charge >= 0.3 is 0 Å². The minimum absolute atomic E-state index is 0.387. The van der Waals surface area contributed by atoms with Crippen molar-refractivity contribution in [2.45, 2.75) is 6.54 Å². The fraction of sp³-hybridized carbons (Fsp3) is 0.333. The van der Waals surface area contributed by atoms with E-state index in [0.29, 0.717) is 29.7 Å². The van der Waals surface area contributed by atoms with Gasteiger partial charge in [-0.25, -0.2) is 0 Å². The van der Waals surface area contributed by atoms with Crippen molar-refractivity contribution in [3.8, 4) is 11.5 Å². The first kappa shape index (κ1) is 14.2. The SMILES string of the molecule is CNCc1cc(Cl)cc(OC)c1OC/C=C/Cl. The van der Waals surface area contributed by atoms with Gasteiger partial charge in [0.2, 0.25) is 0 Å². The number of ether oxygens (including phenoxy) is 2. The van der Waals surface area contributed by atoms with Gasteiger partial charge in [0.1, 0.15) is 6.61 Å². The predicted molar refractivity (Wildman–Crippen MR) is 71.3 cm³/mol. The average molecular weight is 276 g/mol. The molecule has 0 atom stereocenters. The highest BCUT2D eigenvalue weighted by molar-refractivity contribution is 6.30. The number of rotatable bonds is 6. The minimum atomic E-state index is 0.387. The van der Waals surface area contributed by atoms with Crippen molar-refractivity contribution in [2.75, 3.05) is 20.8 Å². The molecule has 0 spiro atoms. The predicted octanol–water partition coefficient (Wildman–Crippen LogP) is 3.20. The molecule has 17 heavy (non-hydrogen) atoms. The van der Waals surface area contributed by atoms with Crippen molar-refractivity contribution in [2.24, 2.45) is 0 Å². The maximum atomic E-state index is 6.00. The molecule has 5 heteroatoms. The third-order valence-corrected chi connectivity index (χ3v) is 2.49. The van der Waals surface area contributed by atoms with Gasteiger partial charge in [0.15, 0.2) is 11.5 Å². The molecule has 0 unspecified atom stereocenters. The topological polar surface area (TPSA) is 30.5 Å². The summed E-state index contributed by atoms with van der Waals surface area (Å²) in [6, 6.07) is 3.57. The van der Waals surface area contributed by atoms with E-state index in [-0.39, 0.29) is 0 Å². The Morgan fingerprint density at radius 3 is 2.76 bits per heavy atom. The maximum Gasteiger partial charge on any atom is 0.166 e. The maximum absolute atomic E-state index is 6.00. The van der Waals surface area contributed by atoms with Gasteiger partial charge in [-0.3, -0.25) is 0 Å². The Kier molecular flexibility index (Phi) is 6.19. The molecular formula is C12H15Cl2NO2. The third kappa shape index (κ3) is 4.11. The average Bonchev–Trinajstić information content (AvgIpc) is 2.31. The second-order valence-corrected chi connectivity index (χ2v) is 3.99. The highest BCUT2D eigenvalue weighted by Crippen LogP contribution is 2.34. The Morgan fingerprint density at radius 1 is 1.41 bits per heavy atom. The van der Waals surface area contributed by atoms with E-state index in [2.05, 4.69) is 5.32 Å². The van der Waals surface area contributed by atoms with Crippen molar-refractivity contribution >= 4 is 23.2 Å². The van der Waals surface area contributed by atoms with E-state index in [1.165, 1.54) is 5.54 Å². The fourth-order valence-electron chi connectivity index (χ4n) is 1.43. The highest BCUT2D eigenvalue weighted by atomic mass is 35.5. The fourth-order valence-corrected chi connectivity index (χ4v) is 1.73. The van der Waals surface area contributed by atoms with Crippen LogP contribution in [0.2, 0.25) is 5.02 Å². The van der Waals surface area contributed by atoms with Gasteiger partial charge in [-0.05, 0) is 19.2 Å². The van der Waals surface area contributed by atoms with Crippen LogP contribution in [0.3, 0.4) is 0 Å². The zero-order valence-electron chi connectivity index (χ0n) is 9.80. The number of hydrogen-bond donors (Lipinski definition) is 1. The number of halogens is 2. The van der Waals surface area contributed by atoms with Crippen LogP contribution in [0.5, 0.6) is 11.5 Å². The molecule has 0 aromatic heterocycles. The quantitative estimate of drug-likeness (QED) is 0.865. The van der Waals surface area contributed by atoms with Gasteiger partial charge in [-0.15, -0.1) is 0 Å². The van der Waals surface area contributed by atoms with Crippen LogP contribution in [-0.2, 0) is 6.54 Å². The Hall–Kier alpha value is -0.900. The standard InChI is InChI=1S/C12H15Cl2NO2/c1-15-8-9-6-10(14)7-11(16-2)12(9)17-5-3-4-13/h3-4,6-7,15H,5,8H2,1-2H3/b4-3+. The smallest absolute Gasteiger partial charge is 0.166 e. The molecule has 0 amide bonds. The van der Waals surface area contributed by atoms with Crippen LogP contribution in [0.1, 0.15) is 5.56 Å². The van der Waals surface area contributed by atoms with E-state index in [9.17, 15) is 0 Å². The summed E-state index contributed by atoms with van der Waals surface area (Å²) in [7, 11) is 3.44. The van der Waals surface area contributed by atoms with Crippen LogP contribution in [0, 0.1) is 0 Å². The molecule has 1 aromatic carbocycles. The van der Waals surface area contributed by atoms with E-state index in [1.54, 1.807) is 19.3 Å². The van der Waals surface area contributed by atoms with Gasteiger partial charge in [0.25, 0.3) is 0 Å². The number of hydrogen-bond acceptors (Lipinski definition) is 3. The lowest BCUT2D eigenvalue weighted by molar-refractivity contribution is 0.322. The largest absolute Gasteiger partial charge is 0.493 e. The molecule has 0 fully saturated rings. The molecule has 1 rings (SSSR count). The minimum Gasteiger partial charge on any atom is -0.493 e. The molecule has 94 valence electrons. The molecule has 1 N–H and O–H groups in total. The lowest BCUT2D eigenvalue weighted by Crippen LogP contribution is -2.08. The number of benzene rings is 1. The van der Waals surface area contributed by atoms with E-state index >= 15 is 0 Å². The first-order valence-corrected chi connectivity index (χ1v) is 5.93. The normalized spacial score (nSPS) is 10.8. The molecule has 0 aliphatic carbocycles. The van der Waals surface area contributed by atoms with Crippen molar-refractivity contribution in [3.05, 3.63) is 34.3 Å². The Bertz CT molecular complexity index is 394. The van der Waals surface area contributed by atoms with Crippen molar-refractivity contribution in [1.29, 1.82) is 0 Å². The summed E-state index contributed by atoms with van der Waals surface area (Å²) < 4.78 is 10.9. The van der Waals surface area contributed by atoms with E-state index < -0.39 is 0 Å². The van der Waals surface area contributed by atoms with Gasteiger partial charge in [-0.2, -0.15) is 0 Å². The van der Waals surface area contributed by atoms with Gasteiger partial charge < -0.3 is 14.8 Å². The molecular weight excluding hydrogens is 261 g/mol. The Balaban J connectivity index is 3.02. The lowest BCUT2D eigenvalue weighted by Gasteiger charge is -2.14. The summed E-state index contributed by atoms with van der Waals surface area (Å²) in [5.74, 6) is 1.30. The molecule has 0 saturated carbocycles. The summed E-state index contributed by atoms with van der Waals surface area (Å²) in [6.07, 6.45) is 1.71. The second kappa shape index (κ2) is 7.43. The van der Waals surface area contributed by atoms with Crippen molar-refractivity contribution < 1.29 is 9.47 Å². The summed E-state index contributed by atoms with van der Waals surface area (Å²) in [4.78, 5) is 0. The molecule has 0 saturated heterocycles. The molecule has 0 heterocycles. The monoisotopic (exact) mass is 275 g/mol. The third-order valence-electron chi connectivity index (χ3n) is 2.10. The van der Waals surface area contributed by atoms with Gasteiger partial charge in [0.05, 0.1) is 7.11 Å². The lowest BCUT2D eigenvalue weighted by atomic mass is 10.2. The first-order chi connectivity index (χ1) is 8.22. The van der Waals surface area contributed by atoms with Crippen LogP contribution >= 0.6 is 23.2 Å². The van der Waals surface area contributed by atoms with Gasteiger partial charge in [0, 0.05) is 28.7 Å². The van der Waals surface area contributed by atoms with Crippen LogP contribution in [0.25, 0.3) is 0 Å². The Morgan fingerprint density at radius 2 is 2.18 bits per heavy atom. The van der Waals surface area contributed by atoms with Gasteiger partial charge in [-0.1, -0.05) is 23.2 Å². The zero-order chi connectivity index (χ0) is 12.7. The molecule has 0 aliphatic rings. The molecule has 0 bridgehead atoms. The zero-order valence-corrected chi connectivity index (χ0v) is 11.3. The highest BCUT2D eigenvalue weighted by Gasteiger charge is 2.11. The van der Waals surface area contributed by atoms with Crippen molar-refractivity contribution in [3.63, 3.8) is 0 Å². The van der Waals surface area contributed by atoms with Crippen LogP contribution < -0.4 is 14.8 Å². The second-order valence-electron chi connectivity index (χ2n) is 3.30. The molecule has 3 nitrogen and oxygen atoms in total. The molecule has 0 aliphatic heterocycles. The van der Waals surface area contributed by atoms with Crippen LogP contribution in [0.4, 0.5) is 0 Å². The Labute approximate surface area is 111 Å². The van der Waals surface area contributed by atoms with Crippen molar-refractivity contribution in [1.82, 2.24) is 5.32 Å². The van der Waals surface area contributed by atoms with Crippen LogP contribution in [-0.4, -0.2) is 20.8 Å².